The lowest BCUT2D eigenvalue weighted by Gasteiger charge is -2.45. The van der Waals surface area contributed by atoms with Gasteiger partial charge < -0.3 is 4.74 Å². The lowest BCUT2D eigenvalue weighted by molar-refractivity contribution is -0.144. The van der Waals surface area contributed by atoms with Gasteiger partial charge in [-0.3, -0.25) is 4.79 Å². The van der Waals surface area contributed by atoms with Crippen LogP contribution in [0.25, 0.3) is 0 Å². The number of aryl methyl sites for hydroxylation is 1. The number of halogens is 1. The fraction of sp³-hybridized carbons (Fsp3) is 0.667. The summed E-state index contributed by atoms with van der Waals surface area (Å²) in [5, 5.41) is 0. The van der Waals surface area contributed by atoms with Gasteiger partial charge in [0.05, 0.1) is 5.92 Å². The molecule has 3 heteroatoms. The van der Waals surface area contributed by atoms with Gasteiger partial charge in [0.2, 0.25) is 0 Å². The van der Waals surface area contributed by atoms with Crippen LogP contribution >= 0.6 is 0 Å². The van der Waals surface area contributed by atoms with Crippen LogP contribution in [0, 0.1) is 48.2 Å². The van der Waals surface area contributed by atoms with Crippen LogP contribution in [0.1, 0.15) is 76.7 Å². The monoisotopic (exact) mass is 412 g/mol. The van der Waals surface area contributed by atoms with Crippen LogP contribution in [0.3, 0.4) is 0 Å². The van der Waals surface area contributed by atoms with Crippen molar-refractivity contribution in [1.82, 2.24) is 0 Å². The highest BCUT2D eigenvalue weighted by molar-refractivity contribution is 5.75. The second-order valence-electron chi connectivity index (χ2n) is 10.1. The van der Waals surface area contributed by atoms with Crippen molar-refractivity contribution < 1.29 is 13.9 Å². The van der Waals surface area contributed by atoms with E-state index >= 15 is 0 Å². The summed E-state index contributed by atoms with van der Waals surface area (Å²) < 4.78 is 19.7. The zero-order chi connectivity index (χ0) is 21.1. The van der Waals surface area contributed by atoms with Gasteiger partial charge in [-0.15, -0.1) is 0 Å². The van der Waals surface area contributed by atoms with E-state index in [0.717, 1.165) is 42.6 Å². The van der Waals surface area contributed by atoms with Crippen molar-refractivity contribution in [2.75, 3.05) is 0 Å². The first kappa shape index (κ1) is 21.6. The van der Waals surface area contributed by atoms with E-state index < -0.39 is 5.82 Å². The van der Waals surface area contributed by atoms with E-state index in [1.165, 1.54) is 51.0 Å². The first-order valence-electron chi connectivity index (χ1n) is 12.2. The van der Waals surface area contributed by atoms with E-state index in [1.54, 1.807) is 12.1 Å². The summed E-state index contributed by atoms with van der Waals surface area (Å²) in [6, 6.07) is 4.82. The van der Waals surface area contributed by atoms with Crippen molar-refractivity contribution >= 4 is 5.97 Å². The Hall–Kier alpha value is -1.64. The van der Waals surface area contributed by atoms with E-state index in [0.29, 0.717) is 11.8 Å². The van der Waals surface area contributed by atoms with Crippen LogP contribution in [0.4, 0.5) is 4.39 Å². The molecule has 3 saturated carbocycles. The van der Waals surface area contributed by atoms with E-state index in [2.05, 4.69) is 19.1 Å². The molecule has 0 spiro atoms. The molecule has 0 heterocycles. The fourth-order valence-electron chi connectivity index (χ4n) is 6.67. The van der Waals surface area contributed by atoms with E-state index in [4.69, 9.17) is 4.74 Å². The third-order valence-electron chi connectivity index (χ3n) is 8.24. The van der Waals surface area contributed by atoms with Gasteiger partial charge in [0.25, 0.3) is 0 Å². The normalized spacial score (nSPS) is 34.5. The second-order valence-corrected chi connectivity index (χ2v) is 10.1. The SMILES string of the molecule is C/C=C/C1CCC(C2CCC3C(CCCC3C(=O)Oc3ccc(C)cc3F)C2)CC1. The van der Waals surface area contributed by atoms with Crippen LogP contribution in [0.15, 0.2) is 30.4 Å². The Morgan fingerprint density at radius 1 is 1.00 bits per heavy atom. The highest BCUT2D eigenvalue weighted by atomic mass is 19.1. The lowest BCUT2D eigenvalue weighted by Crippen LogP contribution is -2.40. The number of ether oxygens (including phenoxy) is 1. The Kier molecular flexibility index (Phi) is 6.95. The molecule has 3 aliphatic rings. The molecule has 0 radical (unpaired) electrons. The molecule has 0 N–H and O–H groups in total. The molecule has 4 atom stereocenters. The molecular weight excluding hydrogens is 375 g/mol. The summed E-state index contributed by atoms with van der Waals surface area (Å²) >= 11 is 0. The minimum Gasteiger partial charge on any atom is -0.423 e. The number of allylic oxidation sites excluding steroid dienone is 2. The number of rotatable bonds is 4. The topological polar surface area (TPSA) is 26.3 Å². The summed E-state index contributed by atoms with van der Waals surface area (Å²) in [4.78, 5) is 12.9. The number of hydrogen-bond donors (Lipinski definition) is 0. The van der Waals surface area contributed by atoms with Crippen molar-refractivity contribution in [3.05, 3.63) is 41.7 Å². The Balaban J connectivity index is 1.35. The third-order valence-corrected chi connectivity index (χ3v) is 8.24. The quantitative estimate of drug-likeness (QED) is 0.296. The zero-order valence-electron chi connectivity index (χ0n) is 18.6. The predicted octanol–water partition coefficient (Wildman–Crippen LogP) is 7.25. The molecule has 0 saturated heterocycles. The average molecular weight is 413 g/mol. The molecule has 1 aromatic rings. The van der Waals surface area contributed by atoms with Crippen LogP contribution in [0.5, 0.6) is 5.75 Å². The van der Waals surface area contributed by atoms with Crippen LogP contribution in [-0.2, 0) is 4.79 Å². The summed E-state index contributed by atoms with van der Waals surface area (Å²) in [5.74, 6) is 2.95. The number of esters is 1. The molecule has 0 aromatic heterocycles. The van der Waals surface area contributed by atoms with Crippen LogP contribution in [-0.4, -0.2) is 5.97 Å². The second kappa shape index (κ2) is 9.66. The Morgan fingerprint density at radius 3 is 2.50 bits per heavy atom. The summed E-state index contributed by atoms with van der Waals surface area (Å²) in [6.07, 6.45) is 16.9. The molecule has 0 aliphatic heterocycles. The van der Waals surface area contributed by atoms with Crippen LogP contribution in [0.2, 0.25) is 0 Å². The van der Waals surface area contributed by atoms with Gasteiger partial charge in [-0.05, 0) is 112 Å². The molecule has 30 heavy (non-hydrogen) atoms. The fourth-order valence-corrected chi connectivity index (χ4v) is 6.67. The molecule has 4 unspecified atom stereocenters. The summed E-state index contributed by atoms with van der Waals surface area (Å²) in [6.45, 7) is 3.97. The number of carbonyl (C=O) groups is 1. The number of fused-ring (bicyclic) bond motifs is 1. The standard InChI is InChI=1S/C27H37FO2/c1-3-5-19-9-11-20(12-10-19)21-13-14-23-22(17-21)6-4-7-24(23)27(29)30-26-15-8-18(2)16-25(26)28/h3,5,8,15-16,19-24H,4,6-7,9-14,17H2,1-2H3/b5-3+. The van der Waals surface area contributed by atoms with Crippen molar-refractivity contribution in [2.24, 2.45) is 35.5 Å². The molecule has 4 rings (SSSR count). The first-order valence-corrected chi connectivity index (χ1v) is 12.2. The van der Waals surface area contributed by atoms with Gasteiger partial charge in [-0.25, -0.2) is 4.39 Å². The molecule has 3 fully saturated rings. The minimum atomic E-state index is -0.437. The highest BCUT2D eigenvalue weighted by Crippen LogP contribution is 2.50. The van der Waals surface area contributed by atoms with Gasteiger partial charge in [-0.1, -0.05) is 31.1 Å². The lowest BCUT2D eigenvalue weighted by atomic mass is 9.59. The molecular formula is C27H37FO2. The molecule has 1 aromatic carbocycles. The number of benzene rings is 1. The van der Waals surface area contributed by atoms with E-state index in [-0.39, 0.29) is 17.6 Å². The average Bonchev–Trinajstić information content (AvgIpc) is 2.75. The van der Waals surface area contributed by atoms with Crippen molar-refractivity contribution in [1.29, 1.82) is 0 Å². The number of carbonyl (C=O) groups excluding carboxylic acids is 1. The Bertz CT molecular complexity index is 762. The third kappa shape index (κ3) is 4.81. The maximum absolute atomic E-state index is 14.2. The van der Waals surface area contributed by atoms with Gasteiger partial charge in [0, 0.05) is 0 Å². The van der Waals surface area contributed by atoms with Crippen molar-refractivity contribution in [2.45, 2.75) is 78.1 Å². The minimum absolute atomic E-state index is 0.0594. The van der Waals surface area contributed by atoms with Crippen molar-refractivity contribution in [3.8, 4) is 5.75 Å². The zero-order valence-corrected chi connectivity index (χ0v) is 18.6. The highest BCUT2D eigenvalue weighted by Gasteiger charge is 2.43. The summed E-state index contributed by atoms with van der Waals surface area (Å²) in [5.41, 5.74) is 0.836. The first-order chi connectivity index (χ1) is 14.5. The van der Waals surface area contributed by atoms with E-state index in [1.807, 2.05) is 6.92 Å². The predicted molar refractivity (Wildman–Crippen MR) is 119 cm³/mol. The van der Waals surface area contributed by atoms with Gasteiger partial charge >= 0.3 is 5.97 Å². The molecule has 0 amide bonds. The Labute approximate surface area is 181 Å². The van der Waals surface area contributed by atoms with Crippen molar-refractivity contribution in [3.63, 3.8) is 0 Å². The van der Waals surface area contributed by atoms with E-state index in [9.17, 15) is 9.18 Å². The van der Waals surface area contributed by atoms with Gasteiger partial charge in [0.1, 0.15) is 0 Å². The Morgan fingerprint density at radius 2 is 1.77 bits per heavy atom. The summed E-state index contributed by atoms with van der Waals surface area (Å²) in [7, 11) is 0. The number of hydrogen-bond acceptors (Lipinski definition) is 2. The van der Waals surface area contributed by atoms with Crippen LogP contribution < -0.4 is 4.74 Å². The largest absolute Gasteiger partial charge is 0.423 e. The molecule has 2 nitrogen and oxygen atoms in total. The maximum Gasteiger partial charge on any atom is 0.314 e. The smallest absolute Gasteiger partial charge is 0.314 e. The molecule has 0 bridgehead atoms. The molecule has 164 valence electrons. The van der Waals surface area contributed by atoms with Gasteiger partial charge in [0.15, 0.2) is 11.6 Å². The maximum atomic E-state index is 14.2. The van der Waals surface area contributed by atoms with Gasteiger partial charge in [-0.2, -0.15) is 0 Å². The molecule has 3 aliphatic carbocycles.